The zero-order valence-corrected chi connectivity index (χ0v) is 11.1. The number of nitrogens with one attached hydrogen (secondary N) is 1. The summed E-state index contributed by atoms with van der Waals surface area (Å²) in [4.78, 5) is 22.3. The van der Waals surface area contributed by atoms with Crippen LogP contribution in [0.1, 0.15) is 29.6 Å². The molecule has 0 bridgehead atoms. The summed E-state index contributed by atoms with van der Waals surface area (Å²) in [5, 5.41) is 13.8. The van der Waals surface area contributed by atoms with E-state index in [1.807, 2.05) is 0 Å². The smallest absolute Gasteiger partial charge is 0.282 e. The van der Waals surface area contributed by atoms with Gasteiger partial charge in [-0.25, -0.2) is 0 Å². The topological polar surface area (TPSA) is 72.2 Å². The fraction of sp³-hybridized carbons (Fsp3) is 0.462. The highest BCUT2D eigenvalue weighted by atomic mass is 35.5. The summed E-state index contributed by atoms with van der Waals surface area (Å²) in [6.45, 7) is 0.522. The molecule has 1 amide bonds. The van der Waals surface area contributed by atoms with E-state index >= 15 is 0 Å². The third-order valence-electron chi connectivity index (χ3n) is 3.37. The molecule has 102 valence electrons. The Morgan fingerprint density at radius 2 is 2.16 bits per heavy atom. The molecule has 1 saturated carbocycles. The molecule has 0 aliphatic heterocycles. The average Bonchev–Trinajstić information content (AvgIpc) is 2.81. The van der Waals surface area contributed by atoms with Crippen LogP contribution in [0.2, 0.25) is 0 Å². The lowest BCUT2D eigenvalue weighted by atomic mass is 10.1. The van der Waals surface area contributed by atoms with Crippen LogP contribution < -0.4 is 5.32 Å². The minimum Gasteiger partial charge on any atom is -0.352 e. The van der Waals surface area contributed by atoms with Crippen LogP contribution in [-0.2, 0) is 0 Å². The fourth-order valence-electron chi connectivity index (χ4n) is 2.36. The van der Waals surface area contributed by atoms with E-state index in [-0.39, 0.29) is 16.6 Å². The van der Waals surface area contributed by atoms with Gasteiger partial charge in [-0.3, -0.25) is 14.9 Å². The van der Waals surface area contributed by atoms with E-state index in [9.17, 15) is 14.9 Å². The summed E-state index contributed by atoms with van der Waals surface area (Å²) >= 11 is 6.00. The molecule has 1 aromatic rings. The van der Waals surface area contributed by atoms with Crippen molar-refractivity contribution in [2.75, 3.05) is 6.54 Å². The van der Waals surface area contributed by atoms with Gasteiger partial charge in [0.15, 0.2) is 0 Å². The maximum absolute atomic E-state index is 12.0. The zero-order valence-electron chi connectivity index (χ0n) is 10.3. The number of nitrogens with zero attached hydrogens (tertiary/aromatic N) is 1. The summed E-state index contributed by atoms with van der Waals surface area (Å²) in [5.74, 6) is -0.0282. The van der Waals surface area contributed by atoms with Crippen molar-refractivity contribution in [1.29, 1.82) is 0 Å². The SMILES string of the molecule is O=C(NCC1CCC(Cl)C1)c1ccccc1[N+](=O)[O-]. The van der Waals surface area contributed by atoms with Crippen molar-refractivity contribution < 1.29 is 9.72 Å². The van der Waals surface area contributed by atoms with E-state index in [1.54, 1.807) is 12.1 Å². The van der Waals surface area contributed by atoms with Gasteiger partial charge in [0.1, 0.15) is 5.56 Å². The van der Waals surface area contributed by atoms with Crippen molar-refractivity contribution in [3.8, 4) is 0 Å². The first-order valence-corrected chi connectivity index (χ1v) is 6.67. The lowest BCUT2D eigenvalue weighted by Crippen LogP contribution is -2.29. The number of benzene rings is 1. The molecule has 1 N–H and O–H groups in total. The Balaban J connectivity index is 1.98. The van der Waals surface area contributed by atoms with Gasteiger partial charge >= 0.3 is 0 Å². The quantitative estimate of drug-likeness (QED) is 0.524. The standard InChI is InChI=1S/C13H15ClN2O3/c14-10-6-5-9(7-10)8-15-13(17)11-3-1-2-4-12(11)16(18)19/h1-4,9-10H,5-8H2,(H,15,17). The van der Waals surface area contributed by atoms with Crippen molar-refractivity contribution in [2.45, 2.75) is 24.6 Å². The van der Waals surface area contributed by atoms with Gasteiger partial charge in [0.2, 0.25) is 0 Å². The molecule has 2 unspecified atom stereocenters. The van der Waals surface area contributed by atoms with Crippen LogP contribution in [0.4, 0.5) is 5.69 Å². The number of para-hydroxylation sites is 1. The lowest BCUT2D eigenvalue weighted by Gasteiger charge is -2.10. The first-order valence-electron chi connectivity index (χ1n) is 6.23. The van der Waals surface area contributed by atoms with Crippen LogP contribution in [0.25, 0.3) is 0 Å². The molecule has 0 spiro atoms. The van der Waals surface area contributed by atoms with Gasteiger partial charge in [-0.15, -0.1) is 11.6 Å². The molecule has 2 rings (SSSR count). The molecule has 6 heteroatoms. The van der Waals surface area contributed by atoms with Crippen molar-refractivity contribution in [1.82, 2.24) is 5.32 Å². The zero-order chi connectivity index (χ0) is 13.8. The number of hydrogen-bond acceptors (Lipinski definition) is 3. The third-order valence-corrected chi connectivity index (χ3v) is 3.77. The predicted molar refractivity (Wildman–Crippen MR) is 72.4 cm³/mol. The van der Waals surface area contributed by atoms with Gasteiger partial charge in [-0.1, -0.05) is 12.1 Å². The number of hydrogen-bond donors (Lipinski definition) is 1. The van der Waals surface area contributed by atoms with Crippen molar-refractivity contribution >= 4 is 23.2 Å². The van der Waals surface area contributed by atoms with Gasteiger partial charge in [-0.2, -0.15) is 0 Å². The van der Waals surface area contributed by atoms with Crippen molar-refractivity contribution in [3.05, 3.63) is 39.9 Å². The van der Waals surface area contributed by atoms with E-state index < -0.39 is 10.8 Å². The monoisotopic (exact) mass is 282 g/mol. The van der Waals surface area contributed by atoms with Crippen LogP contribution in [-0.4, -0.2) is 22.8 Å². The lowest BCUT2D eigenvalue weighted by molar-refractivity contribution is -0.385. The molecule has 19 heavy (non-hydrogen) atoms. The van der Waals surface area contributed by atoms with Crippen LogP contribution >= 0.6 is 11.6 Å². The summed E-state index contributed by atoms with van der Waals surface area (Å²) in [6.07, 6.45) is 2.84. The average molecular weight is 283 g/mol. The summed E-state index contributed by atoms with van der Waals surface area (Å²) in [7, 11) is 0. The number of halogens is 1. The molecule has 0 saturated heterocycles. The number of rotatable bonds is 4. The molecule has 0 radical (unpaired) electrons. The molecule has 5 nitrogen and oxygen atoms in total. The van der Waals surface area contributed by atoms with Crippen LogP contribution in [0.5, 0.6) is 0 Å². The molecular weight excluding hydrogens is 268 g/mol. The minimum atomic E-state index is -0.542. The fourth-order valence-corrected chi connectivity index (χ4v) is 2.73. The highest BCUT2D eigenvalue weighted by molar-refractivity contribution is 6.20. The van der Waals surface area contributed by atoms with Crippen molar-refractivity contribution in [2.24, 2.45) is 5.92 Å². The van der Waals surface area contributed by atoms with Gasteiger partial charge in [0.05, 0.1) is 4.92 Å². The van der Waals surface area contributed by atoms with Crippen LogP contribution in [0.3, 0.4) is 0 Å². The Kier molecular flexibility index (Phi) is 4.37. The first kappa shape index (κ1) is 13.8. The van der Waals surface area contributed by atoms with Gasteiger partial charge in [-0.05, 0) is 31.2 Å². The number of amides is 1. The number of carbonyl (C=O) groups is 1. The van der Waals surface area contributed by atoms with Gasteiger partial charge in [0, 0.05) is 18.0 Å². The Hall–Kier alpha value is -1.62. The normalized spacial score (nSPS) is 22.2. The minimum absolute atomic E-state index is 0.105. The number of nitro groups is 1. The van der Waals surface area contributed by atoms with Gasteiger partial charge in [0.25, 0.3) is 11.6 Å². The second-order valence-electron chi connectivity index (χ2n) is 4.76. The molecule has 0 heterocycles. The first-order chi connectivity index (χ1) is 9.08. The summed E-state index contributed by atoms with van der Waals surface area (Å²) < 4.78 is 0. The Bertz CT molecular complexity index is 493. The van der Waals surface area contributed by atoms with Crippen LogP contribution in [0.15, 0.2) is 24.3 Å². The Labute approximate surface area is 116 Å². The van der Waals surface area contributed by atoms with E-state index in [1.165, 1.54) is 12.1 Å². The number of carbonyl (C=O) groups excluding carboxylic acids is 1. The largest absolute Gasteiger partial charge is 0.352 e. The Morgan fingerprint density at radius 3 is 2.79 bits per heavy atom. The molecule has 1 aliphatic rings. The molecule has 1 aromatic carbocycles. The van der Waals surface area contributed by atoms with E-state index in [2.05, 4.69) is 5.32 Å². The van der Waals surface area contributed by atoms with E-state index in [4.69, 9.17) is 11.6 Å². The molecule has 1 fully saturated rings. The van der Waals surface area contributed by atoms with Crippen LogP contribution in [0, 0.1) is 16.0 Å². The maximum atomic E-state index is 12.0. The second-order valence-corrected chi connectivity index (χ2v) is 5.38. The highest BCUT2D eigenvalue weighted by Gasteiger charge is 2.24. The summed E-state index contributed by atoms with van der Waals surface area (Å²) in [6, 6.07) is 5.96. The summed E-state index contributed by atoms with van der Waals surface area (Å²) in [5.41, 5.74) is -0.0606. The van der Waals surface area contributed by atoms with E-state index in [0.29, 0.717) is 12.5 Å². The molecule has 0 aromatic heterocycles. The number of alkyl halides is 1. The number of nitro benzene ring substituents is 1. The second kappa shape index (κ2) is 6.02. The predicted octanol–water partition coefficient (Wildman–Crippen LogP) is 2.73. The van der Waals surface area contributed by atoms with E-state index in [0.717, 1.165) is 19.3 Å². The third kappa shape index (κ3) is 3.44. The molecule has 1 aliphatic carbocycles. The highest BCUT2D eigenvalue weighted by Crippen LogP contribution is 2.28. The van der Waals surface area contributed by atoms with Gasteiger partial charge < -0.3 is 5.32 Å². The van der Waals surface area contributed by atoms with Crippen molar-refractivity contribution in [3.63, 3.8) is 0 Å². The molecular formula is C13H15ClN2O3. The maximum Gasteiger partial charge on any atom is 0.282 e. The Morgan fingerprint density at radius 1 is 1.42 bits per heavy atom. The molecule has 2 atom stereocenters.